The van der Waals surface area contributed by atoms with Gasteiger partial charge in [0, 0.05) is 32.1 Å². The van der Waals surface area contributed by atoms with Gasteiger partial charge in [0.1, 0.15) is 17.1 Å². The molecule has 9 nitrogen and oxygen atoms in total. The maximum atomic E-state index is 13.0. The number of nitrogens with two attached hydrogens (primary N) is 1. The zero-order valence-electron chi connectivity index (χ0n) is 20.3. The van der Waals surface area contributed by atoms with Crippen LogP contribution in [0, 0.1) is 0 Å². The summed E-state index contributed by atoms with van der Waals surface area (Å²) in [6.07, 6.45) is 3.16. The van der Waals surface area contributed by atoms with Crippen LogP contribution >= 0.6 is 0 Å². The zero-order valence-corrected chi connectivity index (χ0v) is 20.3. The van der Waals surface area contributed by atoms with Gasteiger partial charge in [0.05, 0.1) is 24.2 Å². The maximum absolute atomic E-state index is 13.0. The number of piperidine rings is 1. The number of anilines is 1. The molecule has 0 spiro atoms. The average molecular weight is 490 g/mol. The van der Waals surface area contributed by atoms with Crippen molar-refractivity contribution in [3.8, 4) is 5.75 Å². The summed E-state index contributed by atoms with van der Waals surface area (Å²) >= 11 is 0. The molecule has 1 aliphatic rings. The number of aromatic hydroxyl groups is 1. The van der Waals surface area contributed by atoms with Gasteiger partial charge in [-0.05, 0) is 37.0 Å². The molecule has 1 aliphatic heterocycles. The van der Waals surface area contributed by atoms with Crippen molar-refractivity contribution in [2.45, 2.75) is 37.8 Å². The minimum absolute atomic E-state index is 0.0279. The van der Waals surface area contributed by atoms with Crippen LogP contribution in [-0.2, 0) is 17.8 Å². The average Bonchev–Trinajstić information content (AvgIpc) is 2.88. The highest BCUT2D eigenvalue weighted by molar-refractivity contribution is 6.14. The Kier molecular flexibility index (Phi) is 7.49. The molecule has 1 aromatic heterocycles. The molecule has 1 saturated heterocycles. The van der Waals surface area contributed by atoms with Crippen molar-refractivity contribution in [3.05, 3.63) is 88.1 Å². The van der Waals surface area contributed by atoms with Gasteiger partial charge < -0.3 is 20.8 Å². The molecule has 1 fully saturated rings. The van der Waals surface area contributed by atoms with Crippen LogP contribution in [0.2, 0.25) is 0 Å². The van der Waals surface area contributed by atoms with E-state index in [1.807, 2.05) is 30.3 Å². The van der Waals surface area contributed by atoms with E-state index in [0.29, 0.717) is 50.0 Å². The second kappa shape index (κ2) is 10.7. The van der Waals surface area contributed by atoms with Gasteiger partial charge in [-0.25, -0.2) is 4.98 Å². The summed E-state index contributed by atoms with van der Waals surface area (Å²) in [5.41, 5.74) is 6.74. The molecule has 1 amide bonds. The third-order valence-electron chi connectivity index (χ3n) is 6.62. The molecule has 9 heteroatoms. The van der Waals surface area contributed by atoms with Gasteiger partial charge in [-0.15, -0.1) is 0 Å². The summed E-state index contributed by atoms with van der Waals surface area (Å²) < 4.78 is 1.31. The minimum Gasteiger partial charge on any atom is -0.508 e. The Hall–Kier alpha value is -3.98. The van der Waals surface area contributed by atoms with Crippen molar-refractivity contribution in [1.29, 1.82) is 0 Å². The van der Waals surface area contributed by atoms with Crippen molar-refractivity contribution in [3.63, 3.8) is 0 Å². The van der Waals surface area contributed by atoms with Gasteiger partial charge in [-0.1, -0.05) is 42.5 Å². The highest BCUT2D eigenvalue weighted by atomic mass is 16.3. The number of benzene rings is 2. The van der Waals surface area contributed by atoms with Crippen molar-refractivity contribution in [2.24, 2.45) is 4.99 Å². The van der Waals surface area contributed by atoms with E-state index >= 15 is 0 Å². The number of nitrogens with zero attached hydrogens (tertiary/aromatic N) is 4. The number of aryl methyl sites for hydroxylation is 1. The summed E-state index contributed by atoms with van der Waals surface area (Å²) in [4.78, 5) is 36.0. The Labute approximate surface area is 209 Å². The summed E-state index contributed by atoms with van der Waals surface area (Å²) in [6.45, 7) is 0.869. The van der Waals surface area contributed by atoms with E-state index in [9.17, 15) is 19.8 Å². The Morgan fingerprint density at radius 2 is 1.86 bits per heavy atom. The van der Waals surface area contributed by atoms with Crippen LogP contribution in [0.25, 0.3) is 0 Å². The highest BCUT2D eigenvalue weighted by Gasteiger charge is 2.34. The summed E-state index contributed by atoms with van der Waals surface area (Å²) in [5.74, 6) is 0.124. The second-order valence-electron chi connectivity index (χ2n) is 9.15. The van der Waals surface area contributed by atoms with Crippen molar-refractivity contribution in [1.82, 2.24) is 14.5 Å². The topological polar surface area (TPSA) is 134 Å². The lowest BCUT2D eigenvalue weighted by Gasteiger charge is -2.38. The number of aromatic nitrogens is 2. The highest BCUT2D eigenvalue weighted by Crippen LogP contribution is 2.25. The summed E-state index contributed by atoms with van der Waals surface area (Å²) in [7, 11) is 1.56. The van der Waals surface area contributed by atoms with Gasteiger partial charge >= 0.3 is 0 Å². The Balaban J connectivity index is 1.41. The van der Waals surface area contributed by atoms with Crippen LogP contribution in [-0.4, -0.2) is 62.0 Å². The monoisotopic (exact) mass is 489 g/mol. The molecule has 36 heavy (non-hydrogen) atoms. The lowest BCUT2D eigenvalue weighted by molar-refractivity contribution is -0.135. The van der Waals surface area contributed by atoms with Crippen LogP contribution in [0.3, 0.4) is 0 Å². The fraction of sp³-hybridized carbons (Fsp3) is 0.333. The lowest BCUT2D eigenvalue weighted by Crippen LogP contribution is -2.50. The molecule has 0 aliphatic carbocycles. The normalized spacial score (nSPS) is 15.6. The number of hydrogen-bond donors (Lipinski definition) is 3. The molecule has 0 atom stereocenters. The molecule has 2 heterocycles. The number of amides is 1. The first-order chi connectivity index (χ1) is 17.3. The van der Waals surface area contributed by atoms with Gasteiger partial charge in [0.15, 0.2) is 0 Å². The number of aliphatic hydroxyl groups is 1. The SMILES string of the molecule is CN=C(c1cccc(O)c1)c1ncn(CC2(O)CCN(C(=O)CCc3ccccc3)CC2)c(=O)c1N. The molecular weight excluding hydrogens is 458 g/mol. The molecule has 0 saturated carbocycles. The fourth-order valence-corrected chi connectivity index (χ4v) is 4.53. The molecule has 2 aromatic carbocycles. The second-order valence-corrected chi connectivity index (χ2v) is 9.15. The van der Waals surface area contributed by atoms with Crippen LogP contribution in [0.5, 0.6) is 5.75 Å². The zero-order chi connectivity index (χ0) is 25.7. The Morgan fingerprint density at radius 3 is 2.53 bits per heavy atom. The first kappa shape index (κ1) is 25.1. The molecule has 4 N–H and O–H groups in total. The smallest absolute Gasteiger partial charge is 0.277 e. The summed E-state index contributed by atoms with van der Waals surface area (Å²) in [5, 5.41) is 21.0. The molecule has 188 valence electrons. The van der Waals surface area contributed by atoms with Gasteiger partial charge in [0.25, 0.3) is 5.56 Å². The summed E-state index contributed by atoms with van der Waals surface area (Å²) in [6, 6.07) is 16.3. The number of rotatable bonds is 7. The van der Waals surface area contributed by atoms with E-state index in [1.165, 1.54) is 23.0 Å². The van der Waals surface area contributed by atoms with Gasteiger partial charge in [0.2, 0.25) is 5.91 Å². The van der Waals surface area contributed by atoms with Crippen LogP contribution in [0.4, 0.5) is 5.69 Å². The largest absolute Gasteiger partial charge is 0.508 e. The fourth-order valence-electron chi connectivity index (χ4n) is 4.53. The van der Waals surface area contributed by atoms with Crippen molar-refractivity contribution < 1.29 is 15.0 Å². The predicted octanol–water partition coefficient (Wildman–Crippen LogP) is 1.98. The Bertz CT molecular complexity index is 1310. The van der Waals surface area contributed by atoms with E-state index in [0.717, 1.165) is 5.56 Å². The quantitative estimate of drug-likeness (QED) is 0.435. The lowest BCUT2D eigenvalue weighted by atomic mass is 9.91. The number of phenolic OH excluding ortho intramolecular Hbond substituents is 1. The van der Waals surface area contributed by atoms with E-state index in [2.05, 4.69) is 9.98 Å². The number of likely N-dealkylation sites (tertiary alicyclic amines) is 1. The van der Waals surface area contributed by atoms with Crippen molar-refractivity contribution in [2.75, 3.05) is 25.9 Å². The standard InChI is InChI=1S/C27H31N5O4/c1-29-24(20-8-5-9-21(33)16-20)25-23(28)26(35)32(18-30-25)17-27(36)12-14-31(15-13-27)22(34)11-10-19-6-3-2-4-7-19/h2-9,16,18,33,36H,10-15,17,28H2,1H3. The van der Waals surface area contributed by atoms with Crippen LogP contribution < -0.4 is 11.3 Å². The number of phenols is 1. The van der Waals surface area contributed by atoms with Crippen LogP contribution in [0.1, 0.15) is 36.1 Å². The van der Waals surface area contributed by atoms with E-state index in [1.54, 1.807) is 24.1 Å². The Morgan fingerprint density at radius 1 is 1.14 bits per heavy atom. The predicted molar refractivity (Wildman–Crippen MR) is 138 cm³/mol. The van der Waals surface area contributed by atoms with Gasteiger partial charge in [-0.2, -0.15) is 0 Å². The van der Waals surface area contributed by atoms with E-state index in [4.69, 9.17) is 5.73 Å². The molecule has 0 radical (unpaired) electrons. The molecule has 4 rings (SSSR count). The number of nitrogen functional groups attached to an aromatic ring is 1. The van der Waals surface area contributed by atoms with Crippen LogP contribution in [0.15, 0.2) is 70.7 Å². The minimum atomic E-state index is -1.15. The van der Waals surface area contributed by atoms with E-state index < -0.39 is 11.2 Å². The first-order valence-electron chi connectivity index (χ1n) is 12.0. The molecule has 3 aromatic rings. The molecular formula is C27H31N5O4. The number of carbonyl (C=O) groups is 1. The molecule has 0 unspecified atom stereocenters. The van der Waals surface area contributed by atoms with Crippen molar-refractivity contribution >= 4 is 17.3 Å². The van der Waals surface area contributed by atoms with Gasteiger partial charge in [-0.3, -0.25) is 19.1 Å². The third-order valence-corrected chi connectivity index (χ3v) is 6.62. The third kappa shape index (κ3) is 5.63. The number of carbonyl (C=O) groups excluding carboxylic acids is 1. The maximum Gasteiger partial charge on any atom is 0.277 e. The number of aliphatic imine (C=N–C) groups is 1. The first-order valence-corrected chi connectivity index (χ1v) is 12.0. The number of hydrogen-bond acceptors (Lipinski definition) is 7. The van der Waals surface area contributed by atoms with E-state index in [-0.39, 0.29) is 29.6 Å². The molecule has 0 bridgehead atoms.